The highest BCUT2D eigenvalue weighted by atomic mass is 79.9. The molecule has 35 heavy (non-hydrogen) atoms. The summed E-state index contributed by atoms with van der Waals surface area (Å²) in [6.07, 6.45) is 1.77. The van der Waals surface area contributed by atoms with E-state index in [4.69, 9.17) is 32.7 Å². The van der Waals surface area contributed by atoms with Gasteiger partial charge in [-0.3, -0.25) is 9.69 Å². The molecule has 0 radical (unpaired) electrons. The Morgan fingerprint density at radius 2 is 1.71 bits per heavy atom. The van der Waals surface area contributed by atoms with Gasteiger partial charge in [0.05, 0.1) is 27.7 Å². The highest BCUT2D eigenvalue weighted by Gasteiger charge is 2.32. The predicted octanol–water partition coefficient (Wildman–Crippen LogP) is 7.97. The van der Waals surface area contributed by atoms with Crippen LogP contribution in [0.25, 0.3) is 6.08 Å². The number of rotatable bonds is 7. The molecule has 0 saturated carbocycles. The maximum Gasteiger partial charge on any atom is 0.266 e. The molecular formula is C26H21BrCl2N2O3S. The number of carbonyl (C=O) groups excluding carboxylic acids is 1. The fraction of sp³-hybridized carbons (Fsp3) is 0.154. The van der Waals surface area contributed by atoms with Crippen LogP contribution in [-0.2, 0) is 11.4 Å². The number of ether oxygens (including phenoxy) is 2. The fourth-order valence-corrected chi connectivity index (χ4v) is 5.27. The average Bonchev–Trinajstić information content (AvgIpc) is 3.13. The molecular weight excluding hydrogens is 571 g/mol. The molecule has 0 unspecified atom stereocenters. The molecule has 0 N–H and O–H groups in total. The number of hydrogen-bond donors (Lipinski definition) is 0. The zero-order valence-electron chi connectivity index (χ0n) is 18.9. The predicted molar refractivity (Wildman–Crippen MR) is 148 cm³/mol. The Hall–Kier alpha value is -2.45. The SMILES string of the molecule is CCN1C(=O)/C(=C\c2cc(Cl)c(OCc3ccc(Br)cc3)c(Cl)c2)SC1=Nc1ccc(OC)cc1. The second-order valence-corrected chi connectivity index (χ2v) is 10.2. The summed E-state index contributed by atoms with van der Waals surface area (Å²) in [5.41, 5.74) is 2.43. The number of amides is 1. The van der Waals surface area contributed by atoms with Gasteiger partial charge in [-0.15, -0.1) is 0 Å². The summed E-state index contributed by atoms with van der Waals surface area (Å²) >= 11 is 17.7. The lowest BCUT2D eigenvalue weighted by Crippen LogP contribution is -2.28. The fourth-order valence-electron chi connectivity index (χ4n) is 3.33. The van der Waals surface area contributed by atoms with E-state index in [1.54, 1.807) is 30.2 Å². The lowest BCUT2D eigenvalue weighted by Gasteiger charge is -2.12. The summed E-state index contributed by atoms with van der Waals surface area (Å²) in [5, 5.41) is 1.35. The molecule has 5 nitrogen and oxygen atoms in total. The number of amidine groups is 1. The summed E-state index contributed by atoms with van der Waals surface area (Å²) < 4.78 is 12.1. The van der Waals surface area contributed by atoms with E-state index in [1.807, 2.05) is 55.5 Å². The van der Waals surface area contributed by atoms with E-state index in [0.717, 1.165) is 21.5 Å². The second kappa shape index (κ2) is 11.5. The first-order valence-corrected chi connectivity index (χ1v) is 13.0. The summed E-state index contributed by atoms with van der Waals surface area (Å²) in [7, 11) is 1.61. The zero-order chi connectivity index (χ0) is 24.9. The van der Waals surface area contributed by atoms with E-state index in [2.05, 4.69) is 20.9 Å². The van der Waals surface area contributed by atoms with Crippen LogP contribution in [0.15, 0.2) is 75.0 Å². The largest absolute Gasteiger partial charge is 0.497 e. The number of hydrogen-bond acceptors (Lipinski definition) is 5. The third-order valence-corrected chi connectivity index (χ3v) is 7.21. The standard InChI is InChI=1S/C26H21BrCl2N2O3S/c1-3-31-25(32)23(35-26(31)30-19-8-10-20(33-2)11-9-19)14-17-12-21(28)24(22(29)13-17)34-15-16-4-6-18(27)7-5-16/h4-14H,3,15H2,1-2H3/b23-14+,30-26?. The van der Waals surface area contributed by atoms with Crippen LogP contribution < -0.4 is 9.47 Å². The van der Waals surface area contributed by atoms with Crippen LogP contribution in [0.3, 0.4) is 0 Å². The Morgan fingerprint density at radius 3 is 2.31 bits per heavy atom. The number of nitrogens with zero attached hydrogens (tertiary/aromatic N) is 2. The molecule has 3 aromatic rings. The van der Waals surface area contributed by atoms with Crippen molar-refractivity contribution in [3.8, 4) is 11.5 Å². The summed E-state index contributed by atoms with van der Waals surface area (Å²) in [4.78, 5) is 19.8. The van der Waals surface area contributed by atoms with E-state index >= 15 is 0 Å². The lowest BCUT2D eigenvalue weighted by atomic mass is 10.2. The van der Waals surface area contributed by atoms with Gasteiger partial charge >= 0.3 is 0 Å². The van der Waals surface area contributed by atoms with Crippen LogP contribution in [0.5, 0.6) is 11.5 Å². The van der Waals surface area contributed by atoms with Crippen LogP contribution in [-0.4, -0.2) is 29.6 Å². The molecule has 0 bridgehead atoms. The third-order valence-electron chi connectivity index (χ3n) is 5.12. The van der Waals surface area contributed by atoms with Gasteiger partial charge in [-0.1, -0.05) is 51.3 Å². The van der Waals surface area contributed by atoms with Gasteiger partial charge in [-0.25, -0.2) is 4.99 Å². The maximum atomic E-state index is 13.0. The Balaban J connectivity index is 1.54. The first-order valence-electron chi connectivity index (χ1n) is 10.7. The Morgan fingerprint density at radius 1 is 1.06 bits per heavy atom. The molecule has 9 heteroatoms. The van der Waals surface area contributed by atoms with E-state index in [0.29, 0.717) is 44.6 Å². The summed E-state index contributed by atoms with van der Waals surface area (Å²) in [6, 6.07) is 18.6. The van der Waals surface area contributed by atoms with Crippen molar-refractivity contribution >= 4 is 73.7 Å². The number of benzene rings is 3. The normalized spacial score (nSPS) is 15.8. The molecule has 1 aliphatic heterocycles. The van der Waals surface area contributed by atoms with Gasteiger partial charge in [0.1, 0.15) is 12.4 Å². The lowest BCUT2D eigenvalue weighted by molar-refractivity contribution is -0.122. The summed E-state index contributed by atoms with van der Waals surface area (Å²) in [6.45, 7) is 2.75. The molecule has 0 spiro atoms. The minimum absolute atomic E-state index is 0.118. The molecule has 4 rings (SSSR count). The van der Waals surface area contributed by atoms with E-state index in [-0.39, 0.29) is 5.91 Å². The van der Waals surface area contributed by atoms with Crippen molar-refractivity contribution in [1.82, 2.24) is 4.90 Å². The molecule has 1 heterocycles. The Bertz CT molecular complexity index is 1270. The van der Waals surface area contributed by atoms with Gasteiger partial charge in [-0.05, 0) is 84.4 Å². The van der Waals surface area contributed by atoms with Crippen molar-refractivity contribution in [2.75, 3.05) is 13.7 Å². The van der Waals surface area contributed by atoms with Gasteiger partial charge in [0.2, 0.25) is 0 Å². The number of aliphatic imine (C=N–C) groups is 1. The molecule has 0 aromatic heterocycles. The monoisotopic (exact) mass is 590 g/mol. The number of thioether (sulfide) groups is 1. The second-order valence-electron chi connectivity index (χ2n) is 7.48. The number of carbonyl (C=O) groups is 1. The maximum absolute atomic E-state index is 13.0. The molecule has 180 valence electrons. The topological polar surface area (TPSA) is 51.1 Å². The van der Waals surface area contributed by atoms with Gasteiger partial charge in [0.15, 0.2) is 10.9 Å². The zero-order valence-corrected chi connectivity index (χ0v) is 22.8. The van der Waals surface area contributed by atoms with E-state index in [9.17, 15) is 4.79 Å². The van der Waals surface area contributed by atoms with Gasteiger partial charge in [0, 0.05) is 11.0 Å². The van der Waals surface area contributed by atoms with Gasteiger partial charge in [0.25, 0.3) is 5.91 Å². The summed E-state index contributed by atoms with van der Waals surface area (Å²) in [5.74, 6) is 1.03. The molecule has 1 fully saturated rings. The minimum Gasteiger partial charge on any atom is -0.497 e. The quantitative estimate of drug-likeness (QED) is 0.261. The smallest absolute Gasteiger partial charge is 0.266 e. The van der Waals surface area contributed by atoms with Crippen LogP contribution in [0.2, 0.25) is 10.0 Å². The van der Waals surface area contributed by atoms with E-state index in [1.165, 1.54) is 11.8 Å². The first kappa shape index (κ1) is 25.6. The van der Waals surface area contributed by atoms with Crippen LogP contribution in [0.4, 0.5) is 5.69 Å². The number of likely N-dealkylation sites (N-methyl/N-ethyl adjacent to an activating group) is 1. The number of halogens is 3. The van der Waals surface area contributed by atoms with Crippen LogP contribution >= 0.6 is 50.9 Å². The van der Waals surface area contributed by atoms with Crippen molar-refractivity contribution in [3.05, 3.63) is 91.2 Å². The minimum atomic E-state index is -0.118. The molecule has 1 amide bonds. The van der Waals surface area contributed by atoms with Crippen LogP contribution in [0, 0.1) is 0 Å². The van der Waals surface area contributed by atoms with Crippen molar-refractivity contribution in [2.24, 2.45) is 4.99 Å². The molecule has 1 saturated heterocycles. The van der Waals surface area contributed by atoms with Crippen molar-refractivity contribution in [2.45, 2.75) is 13.5 Å². The van der Waals surface area contributed by atoms with E-state index < -0.39 is 0 Å². The first-order chi connectivity index (χ1) is 16.9. The molecule has 1 aliphatic rings. The van der Waals surface area contributed by atoms with Gasteiger partial charge < -0.3 is 9.47 Å². The molecule has 3 aromatic carbocycles. The average molecular weight is 592 g/mol. The van der Waals surface area contributed by atoms with Gasteiger partial charge in [-0.2, -0.15) is 0 Å². The highest BCUT2D eigenvalue weighted by Crippen LogP contribution is 2.38. The van der Waals surface area contributed by atoms with Crippen LogP contribution in [0.1, 0.15) is 18.1 Å². The third kappa shape index (κ3) is 6.22. The van der Waals surface area contributed by atoms with Crippen molar-refractivity contribution in [1.29, 1.82) is 0 Å². The Kier molecular flexibility index (Phi) is 8.44. The highest BCUT2D eigenvalue weighted by molar-refractivity contribution is 9.10. The number of methoxy groups -OCH3 is 1. The van der Waals surface area contributed by atoms with Crippen molar-refractivity contribution < 1.29 is 14.3 Å². The van der Waals surface area contributed by atoms with Crippen molar-refractivity contribution in [3.63, 3.8) is 0 Å². The molecule has 0 aliphatic carbocycles. The molecule has 0 atom stereocenters. The Labute approximate surface area is 226 Å².